The van der Waals surface area contributed by atoms with Crippen LogP contribution in [-0.2, 0) is 9.59 Å². The van der Waals surface area contributed by atoms with Gasteiger partial charge in [-0.25, -0.2) is 4.79 Å². The van der Waals surface area contributed by atoms with Gasteiger partial charge in [0.05, 0.1) is 0 Å². The number of hydrogen-bond donors (Lipinski definition) is 1. The maximum atomic E-state index is 12.8. The summed E-state index contributed by atoms with van der Waals surface area (Å²) in [6.45, 7) is 3.84. The number of likely N-dealkylation sites (N-methyl/N-ethyl adjacent to an activating group) is 1. The smallest absolute Gasteiger partial charge is 0.305 e. The standard InChI is InChI=1S/C15H25N3O3/c1-3-17(2)10-11-18-13(20)15(12(19)16-14(18)21)8-6-4-5-7-9-15/h3-11H2,1-2H3,(H,16,19,21). The first-order valence-corrected chi connectivity index (χ1v) is 7.87. The van der Waals surface area contributed by atoms with Crippen LogP contribution in [0.3, 0.4) is 0 Å². The molecule has 0 aromatic carbocycles. The van der Waals surface area contributed by atoms with Gasteiger partial charge in [0.15, 0.2) is 0 Å². The van der Waals surface area contributed by atoms with Gasteiger partial charge in [-0.05, 0) is 26.4 Å². The average Bonchev–Trinajstić information content (AvgIpc) is 2.72. The summed E-state index contributed by atoms with van der Waals surface area (Å²) in [6.07, 6.45) is 4.96. The number of hydrogen-bond acceptors (Lipinski definition) is 4. The van der Waals surface area contributed by atoms with Crippen molar-refractivity contribution < 1.29 is 14.4 Å². The first-order valence-electron chi connectivity index (χ1n) is 7.87. The Bertz CT molecular complexity index is 428. The van der Waals surface area contributed by atoms with E-state index in [-0.39, 0.29) is 11.8 Å². The number of carbonyl (C=O) groups excluding carboxylic acids is 3. The Labute approximate surface area is 125 Å². The van der Waals surface area contributed by atoms with Crippen LogP contribution in [0.25, 0.3) is 0 Å². The molecule has 1 aliphatic heterocycles. The van der Waals surface area contributed by atoms with E-state index in [1.54, 1.807) is 0 Å². The van der Waals surface area contributed by atoms with Crippen molar-refractivity contribution in [3.8, 4) is 0 Å². The molecule has 0 radical (unpaired) electrons. The summed E-state index contributed by atoms with van der Waals surface area (Å²) in [5, 5.41) is 2.40. The fourth-order valence-electron chi connectivity index (χ4n) is 3.14. The van der Waals surface area contributed by atoms with Gasteiger partial charge in [-0.1, -0.05) is 32.6 Å². The Morgan fingerprint density at radius 2 is 1.76 bits per heavy atom. The first-order chi connectivity index (χ1) is 10.0. The second kappa shape index (κ2) is 6.56. The normalized spacial score (nSPS) is 22.6. The second-order valence-corrected chi connectivity index (χ2v) is 6.11. The number of nitrogens with zero attached hydrogens (tertiary/aromatic N) is 2. The summed E-state index contributed by atoms with van der Waals surface area (Å²) in [7, 11) is 1.94. The van der Waals surface area contributed by atoms with Gasteiger partial charge in [-0.15, -0.1) is 0 Å². The van der Waals surface area contributed by atoms with Crippen LogP contribution in [0.2, 0.25) is 0 Å². The summed E-state index contributed by atoms with van der Waals surface area (Å²) in [5.74, 6) is -0.679. The molecule has 6 heteroatoms. The molecule has 2 aliphatic rings. The summed E-state index contributed by atoms with van der Waals surface area (Å²) in [4.78, 5) is 40.4. The third kappa shape index (κ3) is 3.10. The molecule has 1 spiro atoms. The molecule has 1 saturated carbocycles. The van der Waals surface area contributed by atoms with Crippen LogP contribution in [0.5, 0.6) is 0 Å². The zero-order valence-electron chi connectivity index (χ0n) is 13.0. The van der Waals surface area contributed by atoms with Gasteiger partial charge >= 0.3 is 6.03 Å². The van der Waals surface area contributed by atoms with Crippen molar-refractivity contribution in [1.82, 2.24) is 15.1 Å². The zero-order chi connectivity index (χ0) is 15.5. The minimum atomic E-state index is -1.00. The largest absolute Gasteiger partial charge is 0.330 e. The molecular weight excluding hydrogens is 270 g/mol. The topological polar surface area (TPSA) is 69.7 Å². The highest BCUT2D eigenvalue weighted by Gasteiger charge is 2.53. The van der Waals surface area contributed by atoms with Crippen molar-refractivity contribution in [3.05, 3.63) is 0 Å². The Balaban J connectivity index is 2.16. The van der Waals surface area contributed by atoms with Crippen molar-refractivity contribution in [1.29, 1.82) is 0 Å². The van der Waals surface area contributed by atoms with Gasteiger partial charge in [-0.3, -0.25) is 19.8 Å². The molecule has 118 valence electrons. The van der Waals surface area contributed by atoms with Crippen molar-refractivity contribution in [2.75, 3.05) is 26.7 Å². The van der Waals surface area contributed by atoms with E-state index in [0.29, 0.717) is 25.9 Å². The van der Waals surface area contributed by atoms with Crippen molar-refractivity contribution >= 4 is 17.8 Å². The van der Waals surface area contributed by atoms with Crippen LogP contribution < -0.4 is 5.32 Å². The zero-order valence-corrected chi connectivity index (χ0v) is 13.0. The molecule has 6 nitrogen and oxygen atoms in total. The van der Waals surface area contributed by atoms with Crippen LogP contribution >= 0.6 is 0 Å². The Morgan fingerprint density at radius 3 is 2.33 bits per heavy atom. The van der Waals surface area contributed by atoms with Crippen LogP contribution in [0.4, 0.5) is 4.79 Å². The molecule has 0 unspecified atom stereocenters. The highest BCUT2D eigenvalue weighted by molar-refractivity contribution is 6.19. The maximum Gasteiger partial charge on any atom is 0.330 e. The van der Waals surface area contributed by atoms with Crippen molar-refractivity contribution in [2.45, 2.75) is 45.4 Å². The van der Waals surface area contributed by atoms with Gasteiger partial charge in [-0.2, -0.15) is 0 Å². The Morgan fingerprint density at radius 1 is 1.14 bits per heavy atom. The highest BCUT2D eigenvalue weighted by Crippen LogP contribution is 2.38. The van der Waals surface area contributed by atoms with E-state index in [4.69, 9.17) is 0 Å². The Hall–Kier alpha value is -1.43. The number of rotatable bonds is 4. The number of barbiturate groups is 1. The van der Waals surface area contributed by atoms with Gasteiger partial charge < -0.3 is 4.90 Å². The van der Waals surface area contributed by atoms with E-state index in [9.17, 15) is 14.4 Å². The van der Waals surface area contributed by atoms with E-state index in [2.05, 4.69) is 5.32 Å². The third-order valence-electron chi connectivity index (χ3n) is 4.76. The van der Waals surface area contributed by atoms with Gasteiger partial charge in [0, 0.05) is 13.1 Å². The number of carbonyl (C=O) groups is 3. The van der Waals surface area contributed by atoms with Crippen LogP contribution in [0.15, 0.2) is 0 Å². The van der Waals surface area contributed by atoms with Crippen LogP contribution in [-0.4, -0.2) is 54.3 Å². The fourth-order valence-corrected chi connectivity index (χ4v) is 3.14. The molecule has 0 bridgehead atoms. The lowest BCUT2D eigenvalue weighted by molar-refractivity contribution is -0.152. The predicted molar refractivity (Wildman–Crippen MR) is 78.6 cm³/mol. The molecule has 21 heavy (non-hydrogen) atoms. The summed E-state index contributed by atoms with van der Waals surface area (Å²) in [5.41, 5.74) is -1.00. The lowest BCUT2D eigenvalue weighted by Gasteiger charge is -2.39. The number of urea groups is 1. The summed E-state index contributed by atoms with van der Waals surface area (Å²) in [6, 6.07) is -0.565. The number of imide groups is 2. The third-order valence-corrected chi connectivity index (χ3v) is 4.76. The van der Waals surface area contributed by atoms with E-state index in [0.717, 1.165) is 32.2 Å². The predicted octanol–water partition coefficient (Wildman–Crippen LogP) is 1.36. The molecule has 1 saturated heterocycles. The van der Waals surface area contributed by atoms with E-state index < -0.39 is 11.4 Å². The molecule has 1 N–H and O–H groups in total. The molecule has 4 amide bonds. The molecule has 0 aromatic rings. The molecule has 2 rings (SSSR count). The lowest BCUT2D eigenvalue weighted by atomic mass is 9.77. The van der Waals surface area contributed by atoms with E-state index in [1.807, 2.05) is 18.9 Å². The van der Waals surface area contributed by atoms with Gasteiger partial charge in [0.25, 0.3) is 0 Å². The summed E-state index contributed by atoms with van der Waals surface area (Å²) < 4.78 is 0. The molecule has 2 fully saturated rings. The van der Waals surface area contributed by atoms with Gasteiger partial charge in [0.2, 0.25) is 11.8 Å². The monoisotopic (exact) mass is 295 g/mol. The number of nitrogens with one attached hydrogen (secondary N) is 1. The highest BCUT2D eigenvalue weighted by atomic mass is 16.2. The fraction of sp³-hybridized carbons (Fsp3) is 0.800. The van der Waals surface area contributed by atoms with Gasteiger partial charge in [0.1, 0.15) is 5.41 Å². The molecule has 0 aromatic heterocycles. The molecular formula is C15H25N3O3. The first kappa shape index (κ1) is 15.9. The van der Waals surface area contributed by atoms with Crippen molar-refractivity contribution in [2.24, 2.45) is 5.41 Å². The average molecular weight is 295 g/mol. The van der Waals surface area contributed by atoms with Crippen molar-refractivity contribution in [3.63, 3.8) is 0 Å². The van der Waals surface area contributed by atoms with Crippen LogP contribution in [0.1, 0.15) is 45.4 Å². The SMILES string of the molecule is CCN(C)CCN1C(=O)NC(=O)C2(CCCCCC2)C1=O. The van der Waals surface area contributed by atoms with E-state index >= 15 is 0 Å². The quantitative estimate of drug-likeness (QED) is 0.795. The Kier molecular flexibility index (Phi) is 4.98. The summed E-state index contributed by atoms with van der Waals surface area (Å²) >= 11 is 0. The molecule has 0 atom stereocenters. The van der Waals surface area contributed by atoms with E-state index in [1.165, 1.54) is 4.90 Å². The lowest BCUT2D eigenvalue weighted by Crippen LogP contribution is -2.64. The molecule has 1 heterocycles. The maximum absolute atomic E-state index is 12.8. The van der Waals surface area contributed by atoms with Crippen LogP contribution in [0, 0.1) is 5.41 Å². The minimum absolute atomic E-state index is 0.289. The number of amides is 4. The molecule has 1 aliphatic carbocycles. The second-order valence-electron chi connectivity index (χ2n) is 6.11. The minimum Gasteiger partial charge on any atom is -0.305 e.